The SMILES string of the molecule is CC(C(=O)N(C)CC1CCN(C)CC1)C1CNC1. The highest BCUT2D eigenvalue weighted by molar-refractivity contribution is 5.78. The predicted octanol–water partition coefficient (Wildman–Crippen LogP) is 0.642. The number of likely N-dealkylation sites (tertiary alicyclic amines) is 1. The fourth-order valence-electron chi connectivity index (χ4n) is 2.94. The number of piperidine rings is 1. The molecule has 2 fully saturated rings. The zero-order valence-electron chi connectivity index (χ0n) is 12.0. The molecule has 0 aliphatic carbocycles. The predicted molar refractivity (Wildman–Crippen MR) is 73.4 cm³/mol. The van der Waals surface area contributed by atoms with Crippen molar-refractivity contribution in [3.63, 3.8) is 0 Å². The quantitative estimate of drug-likeness (QED) is 0.799. The topological polar surface area (TPSA) is 35.6 Å². The van der Waals surface area contributed by atoms with E-state index in [0.717, 1.165) is 19.6 Å². The molecule has 1 unspecified atom stereocenters. The van der Waals surface area contributed by atoms with Crippen LogP contribution in [-0.2, 0) is 4.79 Å². The molecule has 1 atom stereocenters. The van der Waals surface area contributed by atoms with Gasteiger partial charge in [0.05, 0.1) is 0 Å². The Kier molecular flexibility index (Phi) is 4.62. The third kappa shape index (κ3) is 3.23. The minimum Gasteiger partial charge on any atom is -0.345 e. The first-order valence-corrected chi connectivity index (χ1v) is 7.22. The van der Waals surface area contributed by atoms with Gasteiger partial charge in [0.2, 0.25) is 5.91 Å². The molecule has 4 nitrogen and oxygen atoms in total. The minimum atomic E-state index is 0.183. The first kappa shape index (κ1) is 13.8. The maximum atomic E-state index is 12.3. The van der Waals surface area contributed by atoms with E-state index in [4.69, 9.17) is 0 Å². The molecule has 2 saturated heterocycles. The molecule has 0 aromatic carbocycles. The number of rotatable bonds is 4. The van der Waals surface area contributed by atoms with E-state index >= 15 is 0 Å². The van der Waals surface area contributed by atoms with Crippen LogP contribution in [-0.4, -0.2) is 62.5 Å². The lowest BCUT2D eigenvalue weighted by molar-refractivity contribution is -0.136. The van der Waals surface area contributed by atoms with Crippen LogP contribution < -0.4 is 5.32 Å². The van der Waals surface area contributed by atoms with Crippen LogP contribution in [0.2, 0.25) is 0 Å². The lowest BCUT2D eigenvalue weighted by Crippen LogP contribution is -2.50. The Morgan fingerprint density at radius 3 is 2.50 bits per heavy atom. The summed E-state index contributed by atoms with van der Waals surface area (Å²) in [6, 6.07) is 0. The summed E-state index contributed by atoms with van der Waals surface area (Å²) in [5.41, 5.74) is 0. The summed E-state index contributed by atoms with van der Waals surface area (Å²) in [6.45, 7) is 7.39. The molecule has 0 saturated carbocycles. The van der Waals surface area contributed by atoms with Crippen molar-refractivity contribution in [1.82, 2.24) is 15.1 Å². The standard InChI is InChI=1S/C14H27N3O/c1-11(13-8-15-9-13)14(18)17(3)10-12-4-6-16(2)7-5-12/h11-13,15H,4-10H2,1-3H3. The Bertz CT molecular complexity index is 283. The van der Waals surface area contributed by atoms with Gasteiger partial charge < -0.3 is 15.1 Å². The molecule has 0 aromatic heterocycles. The van der Waals surface area contributed by atoms with Crippen LogP contribution in [0, 0.1) is 17.8 Å². The Labute approximate surface area is 111 Å². The number of hydrogen-bond acceptors (Lipinski definition) is 3. The van der Waals surface area contributed by atoms with Crippen LogP contribution in [0.4, 0.5) is 0 Å². The molecular weight excluding hydrogens is 226 g/mol. The zero-order valence-corrected chi connectivity index (χ0v) is 12.0. The fourth-order valence-corrected chi connectivity index (χ4v) is 2.94. The molecule has 2 aliphatic rings. The van der Waals surface area contributed by atoms with Crippen molar-refractivity contribution in [3.05, 3.63) is 0 Å². The number of hydrogen-bond donors (Lipinski definition) is 1. The third-order valence-corrected chi connectivity index (χ3v) is 4.66. The van der Waals surface area contributed by atoms with Gasteiger partial charge in [0, 0.05) is 19.5 Å². The summed E-state index contributed by atoms with van der Waals surface area (Å²) in [5, 5.41) is 3.25. The second kappa shape index (κ2) is 6.02. The smallest absolute Gasteiger partial charge is 0.225 e. The molecule has 18 heavy (non-hydrogen) atoms. The monoisotopic (exact) mass is 253 g/mol. The molecule has 2 heterocycles. The number of nitrogens with one attached hydrogen (secondary N) is 1. The average Bonchev–Trinajstić information content (AvgIpc) is 2.28. The fraction of sp³-hybridized carbons (Fsp3) is 0.929. The molecule has 0 radical (unpaired) electrons. The highest BCUT2D eigenvalue weighted by atomic mass is 16.2. The van der Waals surface area contributed by atoms with Crippen molar-refractivity contribution < 1.29 is 4.79 Å². The van der Waals surface area contributed by atoms with Crippen molar-refractivity contribution in [1.29, 1.82) is 0 Å². The molecule has 2 rings (SSSR count). The Morgan fingerprint density at radius 1 is 1.39 bits per heavy atom. The minimum absolute atomic E-state index is 0.183. The molecule has 2 aliphatic heterocycles. The van der Waals surface area contributed by atoms with Gasteiger partial charge in [0.15, 0.2) is 0 Å². The van der Waals surface area contributed by atoms with E-state index in [2.05, 4.69) is 24.2 Å². The lowest BCUT2D eigenvalue weighted by Gasteiger charge is -2.36. The van der Waals surface area contributed by atoms with Gasteiger partial charge >= 0.3 is 0 Å². The summed E-state index contributed by atoms with van der Waals surface area (Å²) in [6.07, 6.45) is 2.46. The summed E-state index contributed by atoms with van der Waals surface area (Å²) in [7, 11) is 4.15. The van der Waals surface area contributed by atoms with Crippen LogP contribution >= 0.6 is 0 Å². The van der Waals surface area contributed by atoms with Crippen molar-refractivity contribution >= 4 is 5.91 Å². The van der Waals surface area contributed by atoms with Crippen molar-refractivity contribution in [2.45, 2.75) is 19.8 Å². The molecule has 1 amide bonds. The molecule has 4 heteroatoms. The molecule has 0 bridgehead atoms. The second-order valence-electron chi connectivity index (χ2n) is 6.17. The second-order valence-corrected chi connectivity index (χ2v) is 6.17. The summed E-state index contributed by atoms with van der Waals surface area (Å²) >= 11 is 0. The van der Waals surface area contributed by atoms with Crippen molar-refractivity contribution in [2.75, 3.05) is 46.8 Å². The van der Waals surface area contributed by atoms with Crippen molar-refractivity contribution in [2.24, 2.45) is 17.8 Å². The Morgan fingerprint density at radius 2 is 2.00 bits per heavy atom. The van der Waals surface area contributed by atoms with Gasteiger partial charge in [0.1, 0.15) is 0 Å². The number of carbonyl (C=O) groups is 1. The highest BCUT2D eigenvalue weighted by Gasteiger charge is 2.31. The van der Waals surface area contributed by atoms with E-state index in [0.29, 0.717) is 17.7 Å². The van der Waals surface area contributed by atoms with Gasteiger partial charge in [-0.15, -0.1) is 0 Å². The number of carbonyl (C=O) groups excluding carboxylic acids is 1. The van der Waals surface area contributed by atoms with Gasteiger partial charge in [-0.3, -0.25) is 4.79 Å². The van der Waals surface area contributed by atoms with Gasteiger partial charge in [-0.25, -0.2) is 0 Å². The Hall–Kier alpha value is -0.610. The van der Waals surface area contributed by atoms with E-state index in [-0.39, 0.29) is 5.92 Å². The molecule has 1 N–H and O–H groups in total. The third-order valence-electron chi connectivity index (χ3n) is 4.66. The van der Waals surface area contributed by atoms with Crippen LogP contribution in [0.25, 0.3) is 0 Å². The zero-order chi connectivity index (χ0) is 13.1. The molecule has 0 aromatic rings. The average molecular weight is 253 g/mol. The van der Waals surface area contributed by atoms with Crippen LogP contribution in [0.1, 0.15) is 19.8 Å². The summed E-state index contributed by atoms with van der Waals surface area (Å²) in [5.74, 6) is 1.77. The molecule has 0 spiro atoms. The largest absolute Gasteiger partial charge is 0.345 e. The Balaban J connectivity index is 1.76. The normalized spacial score (nSPS) is 24.6. The van der Waals surface area contributed by atoms with E-state index < -0.39 is 0 Å². The maximum absolute atomic E-state index is 12.3. The van der Waals surface area contributed by atoms with E-state index in [1.807, 2.05) is 11.9 Å². The van der Waals surface area contributed by atoms with Crippen LogP contribution in [0.15, 0.2) is 0 Å². The maximum Gasteiger partial charge on any atom is 0.225 e. The van der Waals surface area contributed by atoms with Gasteiger partial charge in [0.25, 0.3) is 0 Å². The van der Waals surface area contributed by atoms with Gasteiger partial charge in [-0.1, -0.05) is 6.92 Å². The number of amides is 1. The van der Waals surface area contributed by atoms with Crippen LogP contribution in [0.5, 0.6) is 0 Å². The number of nitrogens with zero attached hydrogens (tertiary/aromatic N) is 2. The van der Waals surface area contributed by atoms with E-state index in [9.17, 15) is 4.79 Å². The first-order chi connectivity index (χ1) is 8.58. The van der Waals surface area contributed by atoms with Crippen molar-refractivity contribution in [3.8, 4) is 0 Å². The van der Waals surface area contributed by atoms with Gasteiger partial charge in [-0.2, -0.15) is 0 Å². The highest BCUT2D eigenvalue weighted by Crippen LogP contribution is 2.21. The summed E-state index contributed by atoms with van der Waals surface area (Å²) in [4.78, 5) is 16.7. The summed E-state index contributed by atoms with van der Waals surface area (Å²) < 4.78 is 0. The molecular formula is C14H27N3O. The van der Waals surface area contributed by atoms with E-state index in [1.165, 1.54) is 25.9 Å². The molecule has 104 valence electrons. The van der Waals surface area contributed by atoms with Crippen LogP contribution in [0.3, 0.4) is 0 Å². The van der Waals surface area contributed by atoms with Gasteiger partial charge in [-0.05, 0) is 57.9 Å². The lowest BCUT2D eigenvalue weighted by atomic mass is 9.87. The van der Waals surface area contributed by atoms with E-state index in [1.54, 1.807) is 0 Å². The first-order valence-electron chi connectivity index (χ1n) is 7.22.